The second kappa shape index (κ2) is 7.34. The van der Waals surface area contributed by atoms with Crippen LogP contribution in [0.3, 0.4) is 0 Å². The molecule has 0 bridgehead atoms. The van der Waals surface area contributed by atoms with Crippen LogP contribution in [0.2, 0.25) is 0 Å². The molecule has 116 valence electrons. The molecular weight excluding hydrogens is 266 g/mol. The summed E-state index contributed by atoms with van der Waals surface area (Å²) in [6.45, 7) is 5.91. The molecule has 1 fully saturated rings. The average Bonchev–Trinajstić information content (AvgIpc) is 2.53. The van der Waals surface area contributed by atoms with E-state index in [9.17, 15) is 4.79 Å². The Morgan fingerprint density at radius 2 is 2.00 bits per heavy atom. The smallest absolute Gasteiger partial charge is 0.263 e. The molecule has 0 aliphatic carbocycles. The monoisotopic (exact) mass is 291 g/mol. The highest BCUT2D eigenvalue weighted by molar-refractivity contribution is 5.81. The minimum atomic E-state index is -0.412. The fourth-order valence-electron chi connectivity index (χ4n) is 2.58. The minimum Gasteiger partial charge on any atom is -0.497 e. The van der Waals surface area contributed by atoms with Gasteiger partial charge in [0.25, 0.3) is 5.91 Å². The molecule has 21 heavy (non-hydrogen) atoms. The van der Waals surface area contributed by atoms with Gasteiger partial charge in [-0.1, -0.05) is 19.9 Å². The van der Waals surface area contributed by atoms with Crippen molar-refractivity contribution >= 4 is 5.91 Å². The lowest BCUT2D eigenvalue weighted by atomic mass is 9.99. The minimum absolute atomic E-state index is 0.104. The zero-order valence-corrected chi connectivity index (χ0v) is 13.2. The lowest BCUT2D eigenvalue weighted by Crippen LogP contribution is -2.45. The molecule has 4 heteroatoms. The van der Waals surface area contributed by atoms with Gasteiger partial charge in [0, 0.05) is 19.2 Å². The van der Waals surface area contributed by atoms with E-state index in [2.05, 4.69) is 6.92 Å². The van der Waals surface area contributed by atoms with Crippen LogP contribution in [0.4, 0.5) is 0 Å². The van der Waals surface area contributed by atoms with Crippen molar-refractivity contribution in [2.24, 2.45) is 5.92 Å². The summed E-state index contributed by atoms with van der Waals surface area (Å²) >= 11 is 0. The molecule has 2 rings (SSSR count). The van der Waals surface area contributed by atoms with Gasteiger partial charge in [-0.05, 0) is 37.3 Å². The van der Waals surface area contributed by atoms with Gasteiger partial charge in [0.15, 0.2) is 6.10 Å². The summed E-state index contributed by atoms with van der Waals surface area (Å²) in [5.41, 5.74) is 0. The van der Waals surface area contributed by atoms with Crippen molar-refractivity contribution in [3.63, 3.8) is 0 Å². The lowest BCUT2D eigenvalue weighted by Gasteiger charge is -2.32. The number of ether oxygens (including phenoxy) is 2. The van der Waals surface area contributed by atoms with Crippen LogP contribution in [0.1, 0.15) is 33.1 Å². The number of rotatable bonds is 5. The highest BCUT2D eigenvalue weighted by Crippen LogP contribution is 2.22. The molecule has 0 unspecified atom stereocenters. The number of hydrogen-bond acceptors (Lipinski definition) is 3. The molecule has 1 atom stereocenters. The molecule has 1 aromatic carbocycles. The molecule has 0 saturated carbocycles. The van der Waals surface area contributed by atoms with Crippen LogP contribution < -0.4 is 9.47 Å². The lowest BCUT2D eigenvalue weighted by molar-refractivity contribution is -0.140. The molecule has 0 aromatic heterocycles. The third kappa shape index (κ3) is 4.13. The Hall–Kier alpha value is -1.71. The van der Waals surface area contributed by atoms with Crippen molar-refractivity contribution in [2.45, 2.75) is 39.2 Å². The molecule has 1 aliphatic rings. The normalized spacial score (nSPS) is 17.4. The fraction of sp³-hybridized carbons (Fsp3) is 0.588. The second-order valence-corrected chi connectivity index (χ2v) is 5.70. The first-order chi connectivity index (χ1) is 10.1. The average molecular weight is 291 g/mol. The van der Waals surface area contributed by atoms with Crippen molar-refractivity contribution in [1.29, 1.82) is 0 Å². The SMILES string of the molecule is CC[C@@H](Oc1cccc(OC)c1)C(=O)N1CCC(C)CC1. The predicted molar refractivity (Wildman–Crippen MR) is 82.7 cm³/mol. The first kappa shape index (κ1) is 15.7. The molecular formula is C17H25NO3. The number of likely N-dealkylation sites (tertiary alicyclic amines) is 1. The summed E-state index contributed by atoms with van der Waals surface area (Å²) in [4.78, 5) is 14.5. The van der Waals surface area contributed by atoms with Gasteiger partial charge in [0.2, 0.25) is 0 Å². The van der Waals surface area contributed by atoms with Crippen LogP contribution in [0.5, 0.6) is 11.5 Å². The Bertz CT molecular complexity index is 467. The van der Waals surface area contributed by atoms with E-state index >= 15 is 0 Å². The van der Waals surface area contributed by atoms with Crippen LogP contribution in [-0.2, 0) is 4.79 Å². The maximum absolute atomic E-state index is 12.6. The maximum Gasteiger partial charge on any atom is 0.263 e. The van der Waals surface area contributed by atoms with E-state index < -0.39 is 6.10 Å². The van der Waals surface area contributed by atoms with Crippen molar-refractivity contribution in [3.05, 3.63) is 24.3 Å². The number of hydrogen-bond donors (Lipinski definition) is 0. The van der Waals surface area contributed by atoms with E-state index in [1.54, 1.807) is 7.11 Å². The summed E-state index contributed by atoms with van der Waals surface area (Å²) in [5.74, 6) is 2.24. The van der Waals surface area contributed by atoms with E-state index in [4.69, 9.17) is 9.47 Å². The first-order valence-corrected chi connectivity index (χ1v) is 7.73. The summed E-state index contributed by atoms with van der Waals surface area (Å²) in [7, 11) is 1.62. The molecule has 1 saturated heterocycles. The standard InChI is InChI=1S/C17H25NO3/c1-4-16(17(19)18-10-8-13(2)9-11-18)21-15-7-5-6-14(12-15)20-3/h5-7,12-13,16H,4,8-11H2,1-3H3/t16-/m1/s1. The quantitative estimate of drug-likeness (QED) is 0.836. The van der Waals surface area contributed by atoms with Crippen LogP contribution in [0.25, 0.3) is 0 Å². The van der Waals surface area contributed by atoms with Crippen LogP contribution in [0, 0.1) is 5.92 Å². The highest BCUT2D eigenvalue weighted by atomic mass is 16.5. The Labute approximate surface area is 127 Å². The van der Waals surface area contributed by atoms with Crippen LogP contribution in [0.15, 0.2) is 24.3 Å². The van der Waals surface area contributed by atoms with Crippen molar-refractivity contribution in [2.75, 3.05) is 20.2 Å². The molecule has 1 heterocycles. The molecule has 4 nitrogen and oxygen atoms in total. The van der Waals surface area contributed by atoms with E-state index in [-0.39, 0.29) is 5.91 Å². The van der Waals surface area contributed by atoms with Gasteiger partial charge in [-0.3, -0.25) is 4.79 Å². The van der Waals surface area contributed by atoms with E-state index in [0.717, 1.165) is 31.7 Å². The first-order valence-electron chi connectivity index (χ1n) is 7.73. The van der Waals surface area contributed by atoms with Gasteiger partial charge >= 0.3 is 0 Å². The zero-order valence-electron chi connectivity index (χ0n) is 13.2. The third-order valence-electron chi connectivity index (χ3n) is 4.06. The Kier molecular flexibility index (Phi) is 5.48. The van der Waals surface area contributed by atoms with Gasteiger partial charge in [-0.15, -0.1) is 0 Å². The van der Waals surface area contributed by atoms with Gasteiger partial charge in [-0.2, -0.15) is 0 Å². The summed E-state index contributed by atoms with van der Waals surface area (Å²) in [5, 5.41) is 0. The number of carbonyl (C=O) groups is 1. The number of amides is 1. The van der Waals surface area contributed by atoms with E-state index in [1.807, 2.05) is 36.1 Å². The molecule has 0 N–H and O–H groups in total. The van der Waals surface area contributed by atoms with E-state index in [1.165, 1.54) is 0 Å². The molecule has 1 aliphatic heterocycles. The van der Waals surface area contributed by atoms with Crippen LogP contribution in [-0.4, -0.2) is 37.1 Å². The molecule has 0 radical (unpaired) electrons. The Morgan fingerprint density at radius 1 is 1.33 bits per heavy atom. The van der Waals surface area contributed by atoms with Crippen molar-refractivity contribution in [3.8, 4) is 11.5 Å². The Balaban J connectivity index is 2.00. The zero-order chi connectivity index (χ0) is 15.2. The van der Waals surface area contributed by atoms with Gasteiger partial charge in [0.05, 0.1) is 7.11 Å². The van der Waals surface area contributed by atoms with Gasteiger partial charge < -0.3 is 14.4 Å². The summed E-state index contributed by atoms with van der Waals surface area (Å²) < 4.78 is 11.1. The number of methoxy groups -OCH3 is 1. The topological polar surface area (TPSA) is 38.8 Å². The largest absolute Gasteiger partial charge is 0.497 e. The third-order valence-corrected chi connectivity index (χ3v) is 4.06. The highest BCUT2D eigenvalue weighted by Gasteiger charge is 2.27. The number of piperidine rings is 1. The predicted octanol–water partition coefficient (Wildman–Crippen LogP) is 3.11. The molecule has 1 aromatic rings. The van der Waals surface area contributed by atoms with Crippen molar-refractivity contribution in [1.82, 2.24) is 4.90 Å². The fourth-order valence-corrected chi connectivity index (χ4v) is 2.58. The molecule has 1 amide bonds. The van der Waals surface area contributed by atoms with Gasteiger partial charge in [-0.25, -0.2) is 0 Å². The maximum atomic E-state index is 12.6. The van der Waals surface area contributed by atoms with E-state index in [0.29, 0.717) is 18.1 Å². The Morgan fingerprint density at radius 3 is 2.62 bits per heavy atom. The summed E-state index contributed by atoms with van der Waals surface area (Å²) in [6.07, 6.45) is 2.43. The number of nitrogens with zero attached hydrogens (tertiary/aromatic N) is 1. The second-order valence-electron chi connectivity index (χ2n) is 5.70. The van der Waals surface area contributed by atoms with Crippen LogP contribution >= 0.6 is 0 Å². The number of carbonyl (C=O) groups excluding carboxylic acids is 1. The van der Waals surface area contributed by atoms with Gasteiger partial charge in [0.1, 0.15) is 11.5 Å². The number of benzene rings is 1. The van der Waals surface area contributed by atoms with Crippen molar-refractivity contribution < 1.29 is 14.3 Å². The summed E-state index contributed by atoms with van der Waals surface area (Å²) in [6, 6.07) is 7.40. The molecule has 0 spiro atoms.